The monoisotopic (exact) mass is 292 g/mol. The molecule has 0 radical (unpaired) electrons. The molecular formula is C14H24N6O. The molecule has 1 atom stereocenters. The lowest BCUT2D eigenvalue weighted by Crippen LogP contribution is -2.39. The molecule has 2 aliphatic heterocycles. The van der Waals surface area contributed by atoms with Crippen LogP contribution in [0.1, 0.15) is 32.6 Å². The summed E-state index contributed by atoms with van der Waals surface area (Å²) in [5.74, 6) is 1.70. The third-order valence-corrected chi connectivity index (χ3v) is 4.23. The Bertz CT molecular complexity index is 477. The molecule has 3 rings (SSSR count). The van der Waals surface area contributed by atoms with Crippen LogP contribution in [0.2, 0.25) is 0 Å². The molecule has 2 saturated heterocycles. The number of morpholine rings is 1. The molecule has 3 heterocycles. The zero-order chi connectivity index (χ0) is 14.7. The van der Waals surface area contributed by atoms with Crippen molar-refractivity contribution in [2.24, 2.45) is 0 Å². The molecule has 116 valence electrons. The molecule has 1 aromatic heterocycles. The van der Waals surface area contributed by atoms with Gasteiger partial charge in [-0.05, 0) is 19.8 Å². The molecule has 1 aromatic rings. The summed E-state index contributed by atoms with van der Waals surface area (Å²) >= 11 is 0. The number of hydrogen-bond donors (Lipinski definition) is 1. The summed E-state index contributed by atoms with van der Waals surface area (Å²) in [6.45, 7) is 6.26. The molecule has 0 bridgehead atoms. The fraction of sp³-hybridized carbons (Fsp3) is 0.786. The summed E-state index contributed by atoms with van der Waals surface area (Å²) < 4.78 is 5.38. The highest BCUT2D eigenvalue weighted by atomic mass is 16.5. The van der Waals surface area contributed by atoms with Crippen LogP contribution in [0, 0.1) is 0 Å². The first-order valence-corrected chi connectivity index (χ1v) is 7.85. The van der Waals surface area contributed by atoms with Gasteiger partial charge in [0.05, 0.1) is 13.2 Å². The van der Waals surface area contributed by atoms with Gasteiger partial charge in [-0.2, -0.15) is 15.0 Å². The zero-order valence-electron chi connectivity index (χ0n) is 12.7. The van der Waals surface area contributed by atoms with E-state index in [1.807, 2.05) is 0 Å². The van der Waals surface area contributed by atoms with Gasteiger partial charge in [0.15, 0.2) is 0 Å². The topological polar surface area (TPSA) is 80.4 Å². The Morgan fingerprint density at radius 2 is 1.76 bits per heavy atom. The highest BCUT2D eigenvalue weighted by Crippen LogP contribution is 2.23. The zero-order valence-corrected chi connectivity index (χ0v) is 12.7. The van der Waals surface area contributed by atoms with Crippen LogP contribution >= 0.6 is 0 Å². The number of aromatic nitrogens is 3. The van der Waals surface area contributed by atoms with Crippen LogP contribution in [0.3, 0.4) is 0 Å². The van der Waals surface area contributed by atoms with E-state index in [1.54, 1.807) is 0 Å². The Kier molecular flexibility index (Phi) is 4.38. The van der Waals surface area contributed by atoms with Gasteiger partial charge in [-0.1, -0.05) is 12.8 Å². The van der Waals surface area contributed by atoms with Gasteiger partial charge in [-0.25, -0.2) is 0 Å². The van der Waals surface area contributed by atoms with Crippen molar-refractivity contribution in [1.82, 2.24) is 15.0 Å². The molecule has 0 saturated carbocycles. The standard InChI is InChI=1S/C14H24N6O/c1-11-5-3-2-4-6-20(11)14-17-12(15)16-13(18-14)19-7-9-21-10-8-19/h11H,2-10H2,1H3,(H2,15,16,17,18). The molecule has 7 heteroatoms. The lowest BCUT2D eigenvalue weighted by molar-refractivity contribution is 0.122. The van der Waals surface area contributed by atoms with Gasteiger partial charge in [-0.3, -0.25) is 0 Å². The lowest BCUT2D eigenvalue weighted by atomic mass is 10.1. The Morgan fingerprint density at radius 3 is 2.57 bits per heavy atom. The van der Waals surface area contributed by atoms with Crippen molar-refractivity contribution >= 4 is 17.8 Å². The largest absolute Gasteiger partial charge is 0.378 e. The maximum atomic E-state index is 5.91. The number of nitrogens with zero attached hydrogens (tertiary/aromatic N) is 5. The molecule has 0 amide bonds. The highest BCUT2D eigenvalue weighted by molar-refractivity contribution is 5.44. The fourth-order valence-electron chi connectivity index (χ4n) is 2.97. The van der Waals surface area contributed by atoms with Crippen LogP contribution in [0.25, 0.3) is 0 Å². The normalized spacial score (nSPS) is 24.0. The Hall–Kier alpha value is -1.63. The average Bonchev–Trinajstić information content (AvgIpc) is 2.72. The lowest BCUT2D eigenvalue weighted by Gasteiger charge is -2.30. The predicted molar refractivity (Wildman–Crippen MR) is 82.5 cm³/mol. The molecule has 21 heavy (non-hydrogen) atoms. The Labute approximate surface area is 125 Å². The van der Waals surface area contributed by atoms with Crippen LogP contribution in [0.5, 0.6) is 0 Å². The number of ether oxygens (including phenoxy) is 1. The Morgan fingerprint density at radius 1 is 1.00 bits per heavy atom. The minimum absolute atomic E-state index is 0.304. The number of hydrogen-bond acceptors (Lipinski definition) is 7. The van der Waals surface area contributed by atoms with E-state index in [0.717, 1.165) is 25.6 Å². The third kappa shape index (κ3) is 3.34. The first-order valence-electron chi connectivity index (χ1n) is 7.85. The molecule has 7 nitrogen and oxygen atoms in total. The van der Waals surface area contributed by atoms with Crippen molar-refractivity contribution in [1.29, 1.82) is 0 Å². The predicted octanol–water partition coefficient (Wildman–Crippen LogP) is 1.06. The van der Waals surface area contributed by atoms with Crippen molar-refractivity contribution in [2.45, 2.75) is 38.6 Å². The summed E-state index contributed by atoms with van der Waals surface area (Å²) in [6.07, 6.45) is 4.91. The summed E-state index contributed by atoms with van der Waals surface area (Å²) in [5, 5.41) is 0. The van der Waals surface area contributed by atoms with E-state index in [2.05, 4.69) is 31.7 Å². The Balaban J connectivity index is 1.85. The van der Waals surface area contributed by atoms with Gasteiger partial charge in [0.2, 0.25) is 17.8 Å². The fourth-order valence-corrected chi connectivity index (χ4v) is 2.97. The molecular weight excluding hydrogens is 268 g/mol. The highest BCUT2D eigenvalue weighted by Gasteiger charge is 2.22. The molecule has 0 spiro atoms. The van der Waals surface area contributed by atoms with Crippen LogP contribution in [0.15, 0.2) is 0 Å². The summed E-state index contributed by atoms with van der Waals surface area (Å²) in [6, 6.07) is 0.451. The maximum absolute atomic E-state index is 5.91. The van der Waals surface area contributed by atoms with Crippen molar-refractivity contribution < 1.29 is 4.74 Å². The van der Waals surface area contributed by atoms with Gasteiger partial charge in [0.1, 0.15) is 0 Å². The van der Waals surface area contributed by atoms with E-state index in [-0.39, 0.29) is 0 Å². The van der Waals surface area contributed by atoms with Gasteiger partial charge in [-0.15, -0.1) is 0 Å². The van der Waals surface area contributed by atoms with E-state index >= 15 is 0 Å². The number of anilines is 3. The van der Waals surface area contributed by atoms with Crippen LogP contribution in [-0.4, -0.2) is 53.8 Å². The average molecular weight is 292 g/mol. The van der Waals surface area contributed by atoms with Crippen LogP contribution < -0.4 is 15.5 Å². The quantitative estimate of drug-likeness (QED) is 0.873. The number of nitrogens with two attached hydrogens (primary N) is 1. The molecule has 0 aromatic carbocycles. The smallest absolute Gasteiger partial charge is 0.232 e. The first kappa shape index (κ1) is 14.3. The minimum atomic E-state index is 0.304. The molecule has 1 unspecified atom stereocenters. The number of nitrogen functional groups attached to an aromatic ring is 1. The minimum Gasteiger partial charge on any atom is -0.378 e. The molecule has 0 aliphatic carbocycles. The van der Waals surface area contributed by atoms with Crippen LogP contribution in [-0.2, 0) is 4.74 Å². The molecule has 2 aliphatic rings. The van der Waals surface area contributed by atoms with Crippen molar-refractivity contribution in [3.63, 3.8) is 0 Å². The van der Waals surface area contributed by atoms with E-state index in [0.29, 0.717) is 31.2 Å². The first-order chi connectivity index (χ1) is 10.2. The number of rotatable bonds is 2. The second-order valence-corrected chi connectivity index (χ2v) is 5.78. The van der Waals surface area contributed by atoms with E-state index in [4.69, 9.17) is 10.5 Å². The van der Waals surface area contributed by atoms with Crippen molar-refractivity contribution in [3.05, 3.63) is 0 Å². The van der Waals surface area contributed by atoms with Crippen molar-refractivity contribution in [3.8, 4) is 0 Å². The van der Waals surface area contributed by atoms with Gasteiger partial charge < -0.3 is 20.3 Å². The van der Waals surface area contributed by atoms with Crippen molar-refractivity contribution in [2.75, 3.05) is 48.4 Å². The molecule has 2 N–H and O–H groups in total. The third-order valence-electron chi connectivity index (χ3n) is 4.23. The summed E-state index contributed by atoms with van der Waals surface area (Å²) in [7, 11) is 0. The second-order valence-electron chi connectivity index (χ2n) is 5.78. The second kappa shape index (κ2) is 6.43. The van der Waals surface area contributed by atoms with E-state index < -0.39 is 0 Å². The van der Waals surface area contributed by atoms with E-state index in [9.17, 15) is 0 Å². The molecule has 2 fully saturated rings. The van der Waals surface area contributed by atoms with Gasteiger partial charge in [0, 0.05) is 25.7 Å². The van der Waals surface area contributed by atoms with E-state index in [1.165, 1.54) is 25.7 Å². The van der Waals surface area contributed by atoms with Gasteiger partial charge >= 0.3 is 0 Å². The maximum Gasteiger partial charge on any atom is 0.232 e. The SMILES string of the molecule is CC1CCCCCN1c1nc(N)nc(N2CCOCC2)n1. The summed E-state index contributed by atoms with van der Waals surface area (Å²) in [5.41, 5.74) is 5.91. The van der Waals surface area contributed by atoms with Crippen LogP contribution in [0.4, 0.5) is 17.8 Å². The summed E-state index contributed by atoms with van der Waals surface area (Å²) in [4.78, 5) is 17.7. The van der Waals surface area contributed by atoms with Gasteiger partial charge in [0.25, 0.3) is 0 Å².